The highest BCUT2D eigenvalue weighted by molar-refractivity contribution is 7.91. The molecule has 0 saturated carbocycles. The number of nitrogens with zero attached hydrogens (tertiary/aromatic N) is 1. The molecule has 3 aromatic rings. The molecule has 0 bridgehead atoms. The Hall–Kier alpha value is -2.90. The summed E-state index contributed by atoms with van der Waals surface area (Å²) in [6.07, 6.45) is 4.51. The molecule has 0 spiro atoms. The van der Waals surface area contributed by atoms with Gasteiger partial charge in [-0.1, -0.05) is 18.2 Å². The topological polar surface area (TPSA) is 77.5 Å². The second kappa shape index (κ2) is 7.98. The van der Waals surface area contributed by atoms with Gasteiger partial charge in [-0.15, -0.1) is 0 Å². The van der Waals surface area contributed by atoms with Crippen molar-refractivity contribution in [1.82, 2.24) is 10.3 Å². The largest absolute Gasteiger partial charge is 0.489 e. The molecule has 3 heterocycles. The minimum Gasteiger partial charge on any atom is -0.489 e. The van der Waals surface area contributed by atoms with Crippen molar-refractivity contribution in [2.45, 2.75) is 41.8 Å². The summed E-state index contributed by atoms with van der Waals surface area (Å²) in [4.78, 5) is 4.56. The molecule has 2 unspecified atom stereocenters. The van der Waals surface area contributed by atoms with E-state index in [9.17, 15) is 8.42 Å². The summed E-state index contributed by atoms with van der Waals surface area (Å²) in [6, 6.07) is 14.2. The number of pyridine rings is 1. The van der Waals surface area contributed by atoms with E-state index in [0.29, 0.717) is 29.6 Å². The third kappa shape index (κ3) is 3.68. The fourth-order valence-corrected chi connectivity index (χ4v) is 5.90. The molecule has 2 aliphatic rings. The highest BCUT2D eigenvalue weighted by atomic mass is 32.2. The Kier molecular flexibility index (Phi) is 5.16. The molecule has 0 amide bonds. The number of nitrogens with one attached hydrogen (secondary N) is 1. The Balaban J connectivity index is 1.44. The lowest BCUT2D eigenvalue weighted by Crippen LogP contribution is -2.39. The lowest BCUT2D eigenvalue weighted by atomic mass is 9.90. The zero-order chi connectivity index (χ0) is 21.4. The van der Waals surface area contributed by atoms with Crippen molar-refractivity contribution in [3.8, 4) is 11.5 Å². The van der Waals surface area contributed by atoms with Crippen LogP contribution in [0.5, 0.6) is 11.5 Å². The van der Waals surface area contributed by atoms with E-state index in [4.69, 9.17) is 9.47 Å². The number of sulfone groups is 1. The molecule has 0 aliphatic carbocycles. The Bertz CT molecular complexity index is 1210. The van der Waals surface area contributed by atoms with Crippen molar-refractivity contribution in [2.24, 2.45) is 0 Å². The van der Waals surface area contributed by atoms with Gasteiger partial charge in [-0.2, -0.15) is 0 Å². The average molecular weight is 437 g/mol. The van der Waals surface area contributed by atoms with Gasteiger partial charge in [0, 0.05) is 41.5 Å². The molecular weight excluding hydrogens is 412 g/mol. The van der Waals surface area contributed by atoms with Crippen LogP contribution in [0.1, 0.15) is 29.0 Å². The molecule has 2 atom stereocenters. The molecule has 6 nitrogen and oxygen atoms in total. The number of rotatable bonds is 5. The van der Waals surface area contributed by atoms with E-state index < -0.39 is 9.84 Å². The first-order valence-corrected chi connectivity index (χ1v) is 11.9. The van der Waals surface area contributed by atoms with Gasteiger partial charge in [0.15, 0.2) is 0 Å². The first-order valence-electron chi connectivity index (χ1n) is 10.4. The molecular formula is C24H24N2O4S. The monoisotopic (exact) mass is 436 g/mol. The molecule has 1 saturated heterocycles. The van der Waals surface area contributed by atoms with Gasteiger partial charge in [-0.25, -0.2) is 8.42 Å². The SMILES string of the molecule is Cc1c(OCc2cccnc2)cccc1S(=O)(=O)c1ccc2c(c1)OC1CNCCC21. The zero-order valence-electron chi connectivity index (χ0n) is 17.2. The molecule has 1 aromatic heterocycles. The van der Waals surface area contributed by atoms with Gasteiger partial charge in [0.2, 0.25) is 9.84 Å². The van der Waals surface area contributed by atoms with E-state index in [1.165, 1.54) is 0 Å². The van der Waals surface area contributed by atoms with Crippen LogP contribution in [-0.2, 0) is 16.4 Å². The summed E-state index contributed by atoms with van der Waals surface area (Å²) < 4.78 is 38.9. The Labute approximate surface area is 182 Å². The van der Waals surface area contributed by atoms with Crippen LogP contribution >= 0.6 is 0 Å². The summed E-state index contributed by atoms with van der Waals surface area (Å²) in [5.74, 6) is 1.56. The van der Waals surface area contributed by atoms with Crippen molar-refractivity contribution in [1.29, 1.82) is 0 Å². The maximum Gasteiger partial charge on any atom is 0.207 e. The van der Waals surface area contributed by atoms with Crippen LogP contribution < -0.4 is 14.8 Å². The fourth-order valence-electron chi connectivity index (χ4n) is 4.38. The number of fused-ring (bicyclic) bond motifs is 3. The fraction of sp³-hybridized carbons (Fsp3) is 0.292. The van der Waals surface area contributed by atoms with Crippen molar-refractivity contribution < 1.29 is 17.9 Å². The highest BCUT2D eigenvalue weighted by Crippen LogP contribution is 2.43. The molecule has 1 fully saturated rings. The lowest BCUT2D eigenvalue weighted by Gasteiger charge is -2.24. The third-order valence-corrected chi connectivity index (χ3v) is 7.94. The quantitative estimate of drug-likeness (QED) is 0.658. The molecule has 0 radical (unpaired) electrons. The second-order valence-corrected chi connectivity index (χ2v) is 9.91. The van der Waals surface area contributed by atoms with Crippen molar-refractivity contribution in [2.75, 3.05) is 13.1 Å². The van der Waals surface area contributed by atoms with Crippen LogP contribution in [-0.4, -0.2) is 32.6 Å². The van der Waals surface area contributed by atoms with Gasteiger partial charge in [0.05, 0.1) is 9.79 Å². The number of piperidine rings is 1. The Morgan fingerprint density at radius 1 is 1.19 bits per heavy atom. The summed E-state index contributed by atoms with van der Waals surface area (Å²) in [5.41, 5.74) is 2.61. The maximum absolute atomic E-state index is 13.5. The van der Waals surface area contributed by atoms with Gasteiger partial charge in [0.25, 0.3) is 0 Å². The van der Waals surface area contributed by atoms with Gasteiger partial charge in [0.1, 0.15) is 24.2 Å². The first kappa shape index (κ1) is 20.0. The highest BCUT2D eigenvalue weighted by Gasteiger charge is 2.37. The van der Waals surface area contributed by atoms with Crippen LogP contribution in [0.25, 0.3) is 0 Å². The van der Waals surface area contributed by atoms with E-state index in [1.807, 2.05) is 18.2 Å². The normalized spacial score (nSPS) is 19.9. The minimum atomic E-state index is -3.72. The predicted molar refractivity (Wildman–Crippen MR) is 116 cm³/mol. The van der Waals surface area contributed by atoms with E-state index in [0.717, 1.165) is 30.6 Å². The van der Waals surface area contributed by atoms with Crippen LogP contribution in [0.4, 0.5) is 0 Å². The van der Waals surface area contributed by atoms with E-state index in [-0.39, 0.29) is 15.9 Å². The molecule has 160 valence electrons. The van der Waals surface area contributed by atoms with Crippen LogP contribution in [0.2, 0.25) is 0 Å². The van der Waals surface area contributed by atoms with E-state index >= 15 is 0 Å². The maximum atomic E-state index is 13.5. The van der Waals surface area contributed by atoms with Gasteiger partial charge >= 0.3 is 0 Å². The molecule has 5 rings (SSSR count). The van der Waals surface area contributed by atoms with Crippen LogP contribution in [0.15, 0.2) is 70.7 Å². The minimum absolute atomic E-state index is 0.0765. The van der Waals surface area contributed by atoms with Crippen LogP contribution in [0.3, 0.4) is 0 Å². The van der Waals surface area contributed by atoms with E-state index in [1.54, 1.807) is 49.6 Å². The standard InChI is InChI=1S/C24H24N2O4S/c1-16-21(29-15-17-4-3-10-25-13-17)5-2-6-24(16)31(27,28)18-7-8-19-20-9-11-26-14-23(20)30-22(19)12-18/h2-8,10,12-13,20,23,26H,9,11,14-15H2,1H3. The Morgan fingerprint density at radius 3 is 2.94 bits per heavy atom. The number of hydrogen-bond acceptors (Lipinski definition) is 6. The number of ether oxygens (including phenoxy) is 2. The average Bonchev–Trinajstić information content (AvgIpc) is 3.17. The van der Waals surface area contributed by atoms with Crippen molar-refractivity contribution in [3.05, 3.63) is 77.6 Å². The molecule has 2 aliphatic heterocycles. The van der Waals surface area contributed by atoms with Gasteiger partial charge < -0.3 is 14.8 Å². The second-order valence-electron chi connectivity index (χ2n) is 7.99. The van der Waals surface area contributed by atoms with Gasteiger partial charge in [-0.3, -0.25) is 4.98 Å². The van der Waals surface area contributed by atoms with E-state index in [2.05, 4.69) is 10.3 Å². The van der Waals surface area contributed by atoms with Crippen molar-refractivity contribution >= 4 is 9.84 Å². The summed E-state index contributed by atoms with van der Waals surface area (Å²) in [6.45, 7) is 3.84. The molecule has 7 heteroatoms. The van der Waals surface area contributed by atoms with Gasteiger partial charge in [-0.05, 0) is 50.2 Å². The number of hydrogen-bond donors (Lipinski definition) is 1. The summed E-state index contributed by atoms with van der Waals surface area (Å²) in [5, 5.41) is 3.34. The molecule has 31 heavy (non-hydrogen) atoms. The zero-order valence-corrected chi connectivity index (χ0v) is 18.1. The third-order valence-electron chi connectivity index (χ3n) is 6.04. The lowest BCUT2D eigenvalue weighted by molar-refractivity contribution is 0.176. The number of benzene rings is 2. The smallest absolute Gasteiger partial charge is 0.207 e. The summed E-state index contributed by atoms with van der Waals surface area (Å²) in [7, 11) is -3.72. The molecule has 2 aromatic carbocycles. The van der Waals surface area contributed by atoms with Crippen molar-refractivity contribution in [3.63, 3.8) is 0 Å². The van der Waals surface area contributed by atoms with Crippen LogP contribution in [0, 0.1) is 6.92 Å². The summed E-state index contributed by atoms with van der Waals surface area (Å²) >= 11 is 0. The number of aromatic nitrogens is 1. The first-order chi connectivity index (χ1) is 15.0. The molecule has 1 N–H and O–H groups in total. The predicted octanol–water partition coefficient (Wildman–Crippen LogP) is 3.64. The Morgan fingerprint density at radius 2 is 2.10 bits per heavy atom.